The molecule has 1 aliphatic heterocycles. The van der Waals surface area contributed by atoms with Crippen molar-refractivity contribution in [2.45, 2.75) is 12.8 Å². The zero-order valence-electron chi connectivity index (χ0n) is 13.1. The highest BCUT2D eigenvalue weighted by atomic mass is 35.5. The number of anilines is 2. The summed E-state index contributed by atoms with van der Waals surface area (Å²) in [6.45, 7) is 1.79. The molecule has 2 aromatic rings. The number of hydrogen-bond donors (Lipinski definition) is 3. The van der Waals surface area contributed by atoms with Crippen molar-refractivity contribution in [3.8, 4) is 0 Å². The van der Waals surface area contributed by atoms with Gasteiger partial charge in [0.1, 0.15) is 0 Å². The minimum Gasteiger partial charge on any atom is -0.326 e. The van der Waals surface area contributed by atoms with Gasteiger partial charge < -0.3 is 16.0 Å². The normalized spacial score (nSPS) is 14.5. The number of benzene rings is 1. The van der Waals surface area contributed by atoms with E-state index < -0.39 is 0 Å². The zero-order chi connectivity index (χ0) is 16.1. The van der Waals surface area contributed by atoms with Crippen LogP contribution in [-0.4, -0.2) is 24.9 Å². The maximum atomic E-state index is 12.2. The van der Waals surface area contributed by atoms with Crippen molar-refractivity contribution in [2.75, 3.05) is 23.7 Å². The third-order valence-corrected chi connectivity index (χ3v) is 4.73. The summed E-state index contributed by atoms with van der Waals surface area (Å²) >= 11 is 1.40. The lowest BCUT2D eigenvalue weighted by Crippen LogP contribution is -2.34. The van der Waals surface area contributed by atoms with Gasteiger partial charge in [-0.2, -0.15) is 0 Å². The monoisotopic (exact) mass is 365 g/mol. The molecule has 3 rings (SSSR count). The molecule has 3 N–H and O–H groups in total. The molecule has 1 saturated heterocycles. The van der Waals surface area contributed by atoms with E-state index in [0.29, 0.717) is 10.6 Å². The molecule has 0 unspecified atom stereocenters. The number of piperidine rings is 1. The van der Waals surface area contributed by atoms with Gasteiger partial charge >= 0.3 is 0 Å². The number of rotatable bonds is 4. The van der Waals surface area contributed by atoms with Crippen molar-refractivity contribution in [3.05, 3.63) is 46.7 Å². The molecular weight excluding hydrogens is 346 g/mol. The highest BCUT2D eigenvalue weighted by molar-refractivity contribution is 7.12. The summed E-state index contributed by atoms with van der Waals surface area (Å²) in [5.41, 5.74) is 1.46. The molecule has 0 aliphatic carbocycles. The van der Waals surface area contributed by atoms with Crippen LogP contribution in [0.15, 0.2) is 41.8 Å². The van der Waals surface area contributed by atoms with Crippen LogP contribution in [0.5, 0.6) is 0 Å². The first kappa shape index (κ1) is 18.4. The van der Waals surface area contributed by atoms with Gasteiger partial charge in [0.05, 0.1) is 4.88 Å². The van der Waals surface area contributed by atoms with Gasteiger partial charge in [-0.1, -0.05) is 6.07 Å². The van der Waals surface area contributed by atoms with Gasteiger partial charge in [-0.15, -0.1) is 23.7 Å². The molecule has 5 nitrogen and oxygen atoms in total. The minimum atomic E-state index is -0.119. The Morgan fingerprint density at radius 3 is 2.21 bits per heavy atom. The molecule has 2 heterocycles. The maximum Gasteiger partial charge on any atom is 0.265 e. The second kappa shape index (κ2) is 8.82. The lowest BCUT2D eigenvalue weighted by atomic mass is 9.97. The number of carbonyl (C=O) groups is 2. The molecule has 0 bridgehead atoms. The van der Waals surface area contributed by atoms with E-state index in [4.69, 9.17) is 0 Å². The minimum absolute atomic E-state index is 0. The van der Waals surface area contributed by atoms with Gasteiger partial charge in [-0.25, -0.2) is 0 Å². The number of amides is 2. The predicted octanol–water partition coefficient (Wildman–Crippen LogP) is 3.36. The van der Waals surface area contributed by atoms with Gasteiger partial charge in [-0.05, 0) is 61.6 Å². The average Bonchev–Trinajstić information content (AvgIpc) is 3.12. The Kier molecular flexibility index (Phi) is 6.78. The molecule has 2 amide bonds. The Bertz CT molecular complexity index is 668. The van der Waals surface area contributed by atoms with Crippen LogP contribution in [0.1, 0.15) is 22.5 Å². The maximum absolute atomic E-state index is 12.2. The van der Waals surface area contributed by atoms with Crippen LogP contribution >= 0.6 is 23.7 Å². The van der Waals surface area contributed by atoms with E-state index in [2.05, 4.69) is 16.0 Å². The standard InChI is InChI=1S/C17H19N3O2S.ClH/c21-16(12-7-9-18-10-8-12)19-13-3-5-14(6-4-13)20-17(22)15-2-1-11-23-15;/h1-6,11-12,18H,7-10H2,(H,19,21)(H,20,22);1H. The van der Waals surface area contributed by atoms with E-state index in [-0.39, 0.29) is 30.1 Å². The lowest BCUT2D eigenvalue weighted by molar-refractivity contribution is -0.120. The largest absolute Gasteiger partial charge is 0.326 e. The van der Waals surface area contributed by atoms with Crippen LogP contribution in [0, 0.1) is 5.92 Å². The van der Waals surface area contributed by atoms with Gasteiger partial charge in [-0.3, -0.25) is 9.59 Å². The smallest absolute Gasteiger partial charge is 0.265 e. The van der Waals surface area contributed by atoms with Crippen molar-refractivity contribution >= 4 is 46.9 Å². The summed E-state index contributed by atoms with van der Waals surface area (Å²) in [6, 6.07) is 10.8. The van der Waals surface area contributed by atoms with E-state index in [1.54, 1.807) is 18.2 Å². The van der Waals surface area contributed by atoms with E-state index >= 15 is 0 Å². The highest BCUT2D eigenvalue weighted by Gasteiger charge is 2.20. The molecule has 7 heteroatoms. The van der Waals surface area contributed by atoms with E-state index in [9.17, 15) is 9.59 Å². The highest BCUT2D eigenvalue weighted by Crippen LogP contribution is 2.19. The first-order valence-electron chi connectivity index (χ1n) is 7.69. The van der Waals surface area contributed by atoms with Crippen LogP contribution in [0.25, 0.3) is 0 Å². The fourth-order valence-corrected chi connectivity index (χ4v) is 3.18. The molecule has 1 fully saturated rings. The lowest BCUT2D eigenvalue weighted by Gasteiger charge is -2.21. The zero-order valence-corrected chi connectivity index (χ0v) is 14.7. The van der Waals surface area contributed by atoms with Crippen molar-refractivity contribution < 1.29 is 9.59 Å². The molecule has 1 aromatic heterocycles. The quantitative estimate of drug-likeness (QED) is 0.778. The summed E-state index contributed by atoms with van der Waals surface area (Å²) < 4.78 is 0. The van der Waals surface area contributed by atoms with E-state index in [0.717, 1.165) is 31.6 Å². The second-order valence-corrected chi connectivity index (χ2v) is 6.47. The molecule has 1 aliphatic rings. The number of halogens is 1. The summed E-state index contributed by atoms with van der Waals surface area (Å²) in [4.78, 5) is 24.8. The van der Waals surface area contributed by atoms with Crippen molar-refractivity contribution in [1.82, 2.24) is 5.32 Å². The first-order valence-corrected chi connectivity index (χ1v) is 8.57. The molecule has 128 valence electrons. The third kappa shape index (κ3) is 4.80. The molecule has 0 atom stereocenters. The van der Waals surface area contributed by atoms with Crippen LogP contribution in [-0.2, 0) is 4.79 Å². The third-order valence-electron chi connectivity index (χ3n) is 3.87. The summed E-state index contributed by atoms with van der Waals surface area (Å²) in [6.07, 6.45) is 1.75. The van der Waals surface area contributed by atoms with E-state index in [1.165, 1.54) is 11.3 Å². The Morgan fingerprint density at radius 2 is 1.62 bits per heavy atom. The van der Waals surface area contributed by atoms with Gasteiger partial charge in [0.2, 0.25) is 5.91 Å². The van der Waals surface area contributed by atoms with Gasteiger partial charge in [0.15, 0.2) is 0 Å². The van der Waals surface area contributed by atoms with Crippen LogP contribution in [0.2, 0.25) is 0 Å². The summed E-state index contributed by atoms with van der Waals surface area (Å²) in [5, 5.41) is 10.9. The van der Waals surface area contributed by atoms with Crippen molar-refractivity contribution in [2.24, 2.45) is 5.92 Å². The predicted molar refractivity (Wildman–Crippen MR) is 100 cm³/mol. The summed E-state index contributed by atoms with van der Waals surface area (Å²) in [7, 11) is 0. The first-order chi connectivity index (χ1) is 11.2. The second-order valence-electron chi connectivity index (χ2n) is 5.52. The van der Waals surface area contributed by atoms with Gasteiger partial charge in [0.25, 0.3) is 5.91 Å². The molecule has 0 radical (unpaired) electrons. The molecule has 24 heavy (non-hydrogen) atoms. The summed E-state index contributed by atoms with van der Waals surface area (Å²) in [5.74, 6) is 0.0304. The number of carbonyl (C=O) groups excluding carboxylic acids is 2. The topological polar surface area (TPSA) is 70.2 Å². The average molecular weight is 366 g/mol. The van der Waals surface area contributed by atoms with Gasteiger partial charge in [0, 0.05) is 17.3 Å². The van der Waals surface area contributed by atoms with Crippen molar-refractivity contribution in [1.29, 1.82) is 0 Å². The Hall–Kier alpha value is -1.89. The van der Waals surface area contributed by atoms with Crippen LogP contribution in [0.3, 0.4) is 0 Å². The number of thiophene rings is 1. The molecule has 1 aromatic carbocycles. The SMILES string of the molecule is Cl.O=C(Nc1ccc(NC(=O)C2CCNCC2)cc1)c1cccs1. The molecule has 0 spiro atoms. The number of hydrogen-bond acceptors (Lipinski definition) is 4. The fourth-order valence-electron chi connectivity index (χ4n) is 2.57. The molecule has 0 saturated carbocycles. The Balaban J connectivity index is 0.00000208. The van der Waals surface area contributed by atoms with Crippen molar-refractivity contribution in [3.63, 3.8) is 0 Å². The van der Waals surface area contributed by atoms with Crippen LogP contribution in [0.4, 0.5) is 11.4 Å². The van der Waals surface area contributed by atoms with Crippen LogP contribution < -0.4 is 16.0 Å². The van der Waals surface area contributed by atoms with E-state index in [1.807, 2.05) is 23.6 Å². The Labute approximate surface area is 151 Å². The number of nitrogens with one attached hydrogen (secondary N) is 3. The Morgan fingerprint density at radius 1 is 1.00 bits per heavy atom. The molecular formula is C17H20ClN3O2S. The fraction of sp³-hybridized carbons (Fsp3) is 0.294.